The molecule has 0 fully saturated rings. The SMILES string of the molecule is Cn1ccc2c1C(N=O)CCN(CCCCl)S2. The lowest BCUT2D eigenvalue weighted by atomic mass is 10.1. The lowest BCUT2D eigenvalue weighted by molar-refractivity contribution is 0.439. The summed E-state index contributed by atoms with van der Waals surface area (Å²) in [5, 5.41) is 3.26. The van der Waals surface area contributed by atoms with Gasteiger partial charge < -0.3 is 4.57 Å². The third kappa shape index (κ3) is 2.84. The van der Waals surface area contributed by atoms with Crippen LogP contribution in [0.2, 0.25) is 0 Å². The molecule has 1 aliphatic heterocycles. The lowest BCUT2D eigenvalue weighted by Crippen LogP contribution is -2.18. The summed E-state index contributed by atoms with van der Waals surface area (Å²) in [7, 11) is 1.96. The fourth-order valence-electron chi connectivity index (χ4n) is 2.08. The van der Waals surface area contributed by atoms with Crippen molar-refractivity contribution in [2.75, 3.05) is 19.0 Å². The fraction of sp³-hybridized carbons (Fsp3) is 0.636. The number of fused-ring (bicyclic) bond motifs is 1. The normalized spacial score (nSPS) is 20.9. The van der Waals surface area contributed by atoms with Gasteiger partial charge in [0.1, 0.15) is 6.04 Å². The van der Waals surface area contributed by atoms with Gasteiger partial charge in [0.15, 0.2) is 0 Å². The molecule has 2 rings (SSSR count). The summed E-state index contributed by atoms with van der Waals surface area (Å²) in [4.78, 5) is 12.1. The Bertz CT molecular complexity index is 396. The first-order valence-electron chi connectivity index (χ1n) is 5.73. The van der Waals surface area contributed by atoms with Gasteiger partial charge in [-0.3, -0.25) is 0 Å². The van der Waals surface area contributed by atoms with E-state index in [1.54, 1.807) is 11.9 Å². The van der Waals surface area contributed by atoms with Gasteiger partial charge in [-0.05, 0) is 30.9 Å². The Morgan fingerprint density at radius 1 is 1.65 bits per heavy atom. The molecule has 1 aliphatic rings. The van der Waals surface area contributed by atoms with Crippen LogP contribution in [0.3, 0.4) is 0 Å². The first-order chi connectivity index (χ1) is 8.26. The predicted molar refractivity (Wildman–Crippen MR) is 71.3 cm³/mol. The Hall–Kier alpha value is -0.520. The van der Waals surface area contributed by atoms with Crippen molar-refractivity contribution in [1.82, 2.24) is 8.87 Å². The monoisotopic (exact) mass is 273 g/mol. The minimum atomic E-state index is -0.224. The van der Waals surface area contributed by atoms with Crippen molar-refractivity contribution in [3.05, 3.63) is 22.9 Å². The number of aromatic nitrogens is 1. The molecule has 0 saturated heterocycles. The molecule has 0 spiro atoms. The molecular weight excluding hydrogens is 258 g/mol. The molecule has 17 heavy (non-hydrogen) atoms. The van der Waals surface area contributed by atoms with Crippen molar-refractivity contribution in [2.24, 2.45) is 12.2 Å². The molecule has 0 aliphatic carbocycles. The lowest BCUT2D eigenvalue weighted by Gasteiger charge is -2.17. The van der Waals surface area contributed by atoms with Gasteiger partial charge in [0.05, 0.1) is 5.69 Å². The molecule has 6 heteroatoms. The molecule has 94 valence electrons. The summed E-state index contributed by atoms with van der Waals surface area (Å²) in [6.45, 7) is 1.83. The quantitative estimate of drug-likeness (QED) is 0.480. The van der Waals surface area contributed by atoms with Crippen LogP contribution in [-0.4, -0.2) is 27.8 Å². The molecule has 0 bridgehead atoms. The molecule has 1 aromatic rings. The van der Waals surface area contributed by atoms with Crippen molar-refractivity contribution in [3.63, 3.8) is 0 Å². The van der Waals surface area contributed by atoms with Crippen molar-refractivity contribution >= 4 is 23.5 Å². The summed E-state index contributed by atoms with van der Waals surface area (Å²) in [6, 6.07) is 1.83. The van der Waals surface area contributed by atoms with Crippen LogP contribution in [0.15, 0.2) is 22.3 Å². The molecule has 0 saturated carbocycles. The second kappa shape index (κ2) is 5.89. The third-order valence-electron chi connectivity index (χ3n) is 2.95. The zero-order chi connectivity index (χ0) is 12.3. The number of halogens is 1. The van der Waals surface area contributed by atoms with Gasteiger partial charge in [-0.15, -0.1) is 11.6 Å². The van der Waals surface area contributed by atoms with Crippen LogP contribution < -0.4 is 0 Å². The van der Waals surface area contributed by atoms with Crippen LogP contribution in [0.1, 0.15) is 24.6 Å². The van der Waals surface area contributed by atoms with Gasteiger partial charge in [0.2, 0.25) is 0 Å². The highest BCUT2D eigenvalue weighted by Crippen LogP contribution is 2.37. The smallest absolute Gasteiger partial charge is 0.134 e. The molecule has 1 unspecified atom stereocenters. The number of hydrogen-bond donors (Lipinski definition) is 0. The van der Waals surface area contributed by atoms with E-state index in [4.69, 9.17) is 11.6 Å². The van der Waals surface area contributed by atoms with Gasteiger partial charge in [0.25, 0.3) is 0 Å². The van der Waals surface area contributed by atoms with E-state index in [0.29, 0.717) is 5.88 Å². The minimum Gasteiger partial charge on any atom is -0.352 e. The molecular formula is C11H16ClN3OS. The molecule has 0 radical (unpaired) electrons. The Labute approximate surface area is 110 Å². The highest BCUT2D eigenvalue weighted by atomic mass is 35.5. The average Bonchev–Trinajstić information content (AvgIpc) is 2.61. The standard InChI is InChI=1S/C11H16ClN3OS/c1-14-7-4-10-11(14)9(13-16)3-8-15(17-10)6-2-5-12/h4,7,9H,2-3,5-6,8H2,1H3. The number of nitrogens with zero attached hydrogens (tertiary/aromatic N) is 3. The van der Waals surface area contributed by atoms with Crippen LogP contribution in [0.5, 0.6) is 0 Å². The van der Waals surface area contributed by atoms with E-state index < -0.39 is 0 Å². The van der Waals surface area contributed by atoms with Gasteiger partial charge in [-0.25, -0.2) is 4.31 Å². The van der Waals surface area contributed by atoms with Crippen LogP contribution >= 0.6 is 23.5 Å². The molecule has 1 atom stereocenters. The molecule has 2 heterocycles. The largest absolute Gasteiger partial charge is 0.352 e. The van der Waals surface area contributed by atoms with Gasteiger partial charge in [-0.2, -0.15) is 4.91 Å². The summed E-state index contributed by atoms with van der Waals surface area (Å²) in [6.07, 6.45) is 3.74. The Morgan fingerprint density at radius 2 is 2.47 bits per heavy atom. The summed E-state index contributed by atoms with van der Waals surface area (Å²) in [5.74, 6) is 0.675. The van der Waals surface area contributed by atoms with E-state index in [-0.39, 0.29) is 6.04 Å². The summed E-state index contributed by atoms with van der Waals surface area (Å²) < 4.78 is 4.27. The Kier molecular flexibility index (Phi) is 4.48. The number of rotatable bonds is 4. The maximum absolute atomic E-state index is 10.9. The molecule has 4 nitrogen and oxygen atoms in total. The van der Waals surface area contributed by atoms with Crippen LogP contribution in [0, 0.1) is 4.91 Å². The summed E-state index contributed by atoms with van der Waals surface area (Å²) in [5.41, 5.74) is 1.04. The second-order valence-corrected chi connectivity index (χ2v) is 5.67. The van der Waals surface area contributed by atoms with E-state index in [0.717, 1.165) is 36.5 Å². The Morgan fingerprint density at radius 3 is 3.18 bits per heavy atom. The second-order valence-electron chi connectivity index (χ2n) is 4.15. The van der Waals surface area contributed by atoms with Crippen molar-refractivity contribution in [3.8, 4) is 0 Å². The van der Waals surface area contributed by atoms with E-state index in [2.05, 4.69) is 15.5 Å². The van der Waals surface area contributed by atoms with E-state index in [9.17, 15) is 4.91 Å². The zero-order valence-corrected chi connectivity index (χ0v) is 11.4. The van der Waals surface area contributed by atoms with E-state index in [1.165, 1.54) is 0 Å². The predicted octanol–water partition coefficient (Wildman–Crippen LogP) is 3.17. The van der Waals surface area contributed by atoms with Crippen LogP contribution in [-0.2, 0) is 7.05 Å². The first-order valence-corrected chi connectivity index (χ1v) is 7.03. The zero-order valence-electron chi connectivity index (χ0n) is 9.80. The number of aryl methyl sites for hydroxylation is 1. The number of nitroso groups, excluding NO2 is 1. The molecule has 0 aromatic carbocycles. The van der Waals surface area contributed by atoms with Crippen molar-refractivity contribution in [1.29, 1.82) is 0 Å². The minimum absolute atomic E-state index is 0.224. The molecule has 1 aromatic heterocycles. The number of hydrogen-bond acceptors (Lipinski definition) is 4. The molecule has 0 N–H and O–H groups in total. The topological polar surface area (TPSA) is 37.6 Å². The van der Waals surface area contributed by atoms with E-state index >= 15 is 0 Å². The third-order valence-corrected chi connectivity index (χ3v) is 4.38. The highest BCUT2D eigenvalue weighted by Gasteiger charge is 2.26. The first kappa shape index (κ1) is 12.9. The van der Waals surface area contributed by atoms with E-state index in [1.807, 2.05) is 17.8 Å². The average molecular weight is 274 g/mol. The Balaban J connectivity index is 2.18. The van der Waals surface area contributed by atoms with Crippen LogP contribution in [0.4, 0.5) is 0 Å². The van der Waals surface area contributed by atoms with Crippen LogP contribution in [0.25, 0.3) is 0 Å². The van der Waals surface area contributed by atoms with Gasteiger partial charge in [-0.1, -0.05) is 5.18 Å². The van der Waals surface area contributed by atoms with Crippen molar-refractivity contribution < 1.29 is 0 Å². The van der Waals surface area contributed by atoms with Gasteiger partial charge in [0, 0.05) is 37.1 Å². The summed E-state index contributed by atoms with van der Waals surface area (Å²) >= 11 is 7.43. The molecule has 0 amide bonds. The van der Waals surface area contributed by atoms with Crippen molar-refractivity contribution in [2.45, 2.75) is 23.8 Å². The maximum Gasteiger partial charge on any atom is 0.134 e. The highest BCUT2D eigenvalue weighted by molar-refractivity contribution is 7.97. The fourth-order valence-corrected chi connectivity index (χ4v) is 3.39. The number of alkyl halides is 1. The van der Waals surface area contributed by atoms with Gasteiger partial charge >= 0.3 is 0 Å². The maximum atomic E-state index is 10.9.